The Bertz CT molecular complexity index is 438. The third-order valence-corrected chi connectivity index (χ3v) is 2.31. The summed E-state index contributed by atoms with van der Waals surface area (Å²) in [5.41, 5.74) is 0.153. The second kappa shape index (κ2) is 7.65. The van der Waals surface area contributed by atoms with Gasteiger partial charge in [-0.3, -0.25) is 9.59 Å². The number of amides is 1. The number of rotatable bonds is 6. The molecule has 20 heavy (non-hydrogen) atoms. The van der Waals surface area contributed by atoms with Gasteiger partial charge in [0.1, 0.15) is 5.60 Å². The van der Waals surface area contributed by atoms with Gasteiger partial charge >= 0.3 is 5.97 Å². The van der Waals surface area contributed by atoms with Crippen molar-refractivity contribution in [2.75, 3.05) is 19.6 Å². The van der Waals surface area contributed by atoms with Crippen LogP contribution in [0.5, 0.6) is 0 Å². The molecule has 2 N–H and O–H groups in total. The lowest BCUT2D eigenvalue weighted by Crippen LogP contribution is -2.36. The Morgan fingerprint density at radius 3 is 2.35 bits per heavy atom. The van der Waals surface area contributed by atoms with Crippen molar-refractivity contribution >= 4 is 11.9 Å². The van der Waals surface area contributed by atoms with E-state index in [9.17, 15) is 9.59 Å². The largest absolute Gasteiger partial charge is 0.459 e. The monoisotopic (exact) mass is 278 g/mol. The molecule has 1 rings (SSSR count). The average molecular weight is 278 g/mol. The minimum atomic E-state index is -0.472. The Kier molecular flexibility index (Phi) is 6.18. The predicted octanol–water partition coefficient (Wildman–Crippen LogP) is 1.35. The molecule has 0 aromatic heterocycles. The second-order valence-electron chi connectivity index (χ2n) is 5.39. The van der Waals surface area contributed by atoms with E-state index in [-0.39, 0.29) is 18.4 Å². The normalized spacial score (nSPS) is 10.9. The highest BCUT2D eigenvalue weighted by molar-refractivity contribution is 5.94. The lowest BCUT2D eigenvalue weighted by molar-refractivity contribution is -0.153. The molecule has 0 fully saturated rings. The van der Waals surface area contributed by atoms with Crippen LogP contribution in [0.25, 0.3) is 0 Å². The molecule has 0 saturated heterocycles. The summed E-state index contributed by atoms with van der Waals surface area (Å²) in [6.45, 7) is 6.58. The van der Waals surface area contributed by atoms with E-state index in [2.05, 4.69) is 10.6 Å². The van der Waals surface area contributed by atoms with Gasteiger partial charge in [0.25, 0.3) is 5.91 Å². The van der Waals surface area contributed by atoms with Crippen LogP contribution < -0.4 is 10.6 Å². The molecule has 5 heteroatoms. The third kappa shape index (κ3) is 6.89. The summed E-state index contributed by atoms with van der Waals surface area (Å²) < 4.78 is 5.15. The number of hydrogen-bond donors (Lipinski definition) is 2. The summed E-state index contributed by atoms with van der Waals surface area (Å²) in [5, 5.41) is 5.69. The van der Waals surface area contributed by atoms with E-state index in [1.165, 1.54) is 0 Å². The fraction of sp³-hybridized carbons (Fsp3) is 0.467. The first-order chi connectivity index (χ1) is 9.38. The number of hydrogen-bond acceptors (Lipinski definition) is 4. The summed E-state index contributed by atoms with van der Waals surface area (Å²) in [7, 11) is 0. The summed E-state index contributed by atoms with van der Waals surface area (Å²) in [4.78, 5) is 23.1. The molecule has 0 unspecified atom stereocenters. The van der Waals surface area contributed by atoms with Crippen LogP contribution in [0.1, 0.15) is 31.1 Å². The van der Waals surface area contributed by atoms with Crippen molar-refractivity contribution in [1.82, 2.24) is 10.6 Å². The Hall–Kier alpha value is -1.88. The van der Waals surface area contributed by atoms with Gasteiger partial charge in [0, 0.05) is 18.7 Å². The summed E-state index contributed by atoms with van der Waals surface area (Å²) >= 11 is 0. The zero-order chi connectivity index (χ0) is 15.0. The molecule has 0 radical (unpaired) electrons. The zero-order valence-corrected chi connectivity index (χ0v) is 12.2. The molecule has 0 saturated carbocycles. The molecule has 0 aliphatic carbocycles. The predicted molar refractivity (Wildman–Crippen MR) is 77.5 cm³/mol. The van der Waals surface area contributed by atoms with Gasteiger partial charge in [-0.2, -0.15) is 0 Å². The minimum absolute atomic E-state index is 0.121. The fourth-order valence-electron chi connectivity index (χ4n) is 1.52. The van der Waals surface area contributed by atoms with Gasteiger partial charge in [0.2, 0.25) is 0 Å². The lowest BCUT2D eigenvalue weighted by atomic mass is 10.2. The second-order valence-corrected chi connectivity index (χ2v) is 5.39. The van der Waals surface area contributed by atoms with Gasteiger partial charge in [-0.15, -0.1) is 0 Å². The number of ether oxygens (including phenoxy) is 1. The first kappa shape index (κ1) is 16.2. The van der Waals surface area contributed by atoms with Crippen LogP contribution in [0.4, 0.5) is 0 Å². The van der Waals surface area contributed by atoms with Crippen LogP contribution >= 0.6 is 0 Å². The lowest BCUT2D eigenvalue weighted by Gasteiger charge is -2.19. The Labute approximate surface area is 119 Å². The molecule has 0 atom stereocenters. The highest BCUT2D eigenvalue weighted by Crippen LogP contribution is 2.05. The maximum absolute atomic E-state index is 11.7. The quantitative estimate of drug-likeness (QED) is 0.609. The molecule has 0 heterocycles. The standard InChI is InChI=1S/C15H22N2O3/c1-15(2,3)20-13(18)11-16-9-10-17-14(19)12-7-5-4-6-8-12/h4-8,16H,9-11H2,1-3H3,(H,17,19). The van der Waals surface area contributed by atoms with E-state index < -0.39 is 5.60 Å². The Morgan fingerprint density at radius 1 is 1.10 bits per heavy atom. The van der Waals surface area contributed by atoms with Gasteiger partial charge < -0.3 is 15.4 Å². The van der Waals surface area contributed by atoms with E-state index in [4.69, 9.17) is 4.74 Å². The molecule has 0 aliphatic heterocycles. The topological polar surface area (TPSA) is 67.4 Å². The van der Waals surface area contributed by atoms with Gasteiger partial charge in [-0.1, -0.05) is 18.2 Å². The molecule has 1 aromatic rings. The maximum Gasteiger partial charge on any atom is 0.320 e. The van der Waals surface area contributed by atoms with E-state index >= 15 is 0 Å². The van der Waals surface area contributed by atoms with Crippen molar-refractivity contribution in [1.29, 1.82) is 0 Å². The maximum atomic E-state index is 11.7. The molecule has 5 nitrogen and oxygen atoms in total. The van der Waals surface area contributed by atoms with Crippen LogP contribution in [0.3, 0.4) is 0 Å². The van der Waals surface area contributed by atoms with Crippen molar-refractivity contribution in [3.8, 4) is 0 Å². The van der Waals surface area contributed by atoms with Crippen LogP contribution in [-0.2, 0) is 9.53 Å². The summed E-state index contributed by atoms with van der Waals surface area (Å²) in [5.74, 6) is -0.420. The van der Waals surface area contributed by atoms with Crippen molar-refractivity contribution in [2.45, 2.75) is 26.4 Å². The molecule has 110 valence electrons. The first-order valence-electron chi connectivity index (χ1n) is 6.64. The number of benzene rings is 1. The molecular weight excluding hydrogens is 256 g/mol. The zero-order valence-electron chi connectivity index (χ0n) is 12.2. The average Bonchev–Trinajstić information content (AvgIpc) is 2.37. The van der Waals surface area contributed by atoms with Gasteiger partial charge in [0.05, 0.1) is 6.54 Å². The summed E-state index contributed by atoms with van der Waals surface area (Å²) in [6, 6.07) is 9.00. The van der Waals surface area contributed by atoms with E-state index in [1.807, 2.05) is 39.0 Å². The van der Waals surface area contributed by atoms with Crippen molar-refractivity contribution < 1.29 is 14.3 Å². The van der Waals surface area contributed by atoms with Gasteiger partial charge in [-0.25, -0.2) is 0 Å². The SMILES string of the molecule is CC(C)(C)OC(=O)CNCCNC(=O)c1ccccc1. The molecular formula is C15H22N2O3. The van der Waals surface area contributed by atoms with Crippen LogP contribution in [0.15, 0.2) is 30.3 Å². The molecule has 1 amide bonds. The van der Waals surface area contributed by atoms with Crippen LogP contribution in [0, 0.1) is 0 Å². The minimum Gasteiger partial charge on any atom is -0.459 e. The number of carbonyl (C=O) groups excluding carboxylic acids is 2. The van der Waals surface area contributed by atoms with Crippen molar-refractivity contribution in [2.24, 2.45) is 0 Å². The van der Waals surface area contributed by atoms with E-state index in [1.54, 1.807) is 12.1 Å². The smallest absolute Gasteiger partial charge is 0.320 e. The number of nitrogens with one attached hydrogen (secondary N) is 2. The van der Waals surface area contributed by atoms with Crippen LogP contribution in [-0.4, -0.2) is 37.1 Å². The first-order valence-corrected chi connectivity index (χ1v) is 6.64. The van der Waals surface area contributed by atoms with Crippen LogP contribution in [0.2, 0.25) is 0 Å². The number of carbonyl (C=O) groups is 2. The number of esters is 1. The van der Waals surface area contributed by atoms with Gasteiger partial charge in [0.15, 0.2) is 0 Å². The Balaban J connectivity index is 2.14. The highest BCUT2D eigenvalue weighted by atomic mass is 16.6. The molecule has 0 spiro atoms. The Morgan fingerprint density at radius 2 is 1.75 bits per heavy atom. The fourth-order valence-corrected chi connectivity index (χ4v) is 1.52. The van der Waals surface area contributed by atoms with Crippen molar-refractivity contribution in [3.63, 3.8) is 0 Å². The highest BCUT2D eigenvalue weighted by Gasteiger charge is 2.15. The van der Waals surface area contributed by atoms with E-state index in [0.717, 1.165) is 0 Å². The van der Waals surface area contributed by atoms with Crippen molar-refractivity contribution in [3.05, 3.63) is 35.9 Å². The summed E-state index contributed by atoms with van der Waals surface area (Å²) in [6.07, 6.45) is 0. The van der Waals surface area contributed by atoms with Gasteiger partial charge in [-0.05, 0) is 32.9 Å². The molecule has 1 aromatic carbocycles. The molecule has 0 aliphatic rings. The molecule has 0 bridgehead atoms. The van der Waals surface area contributed by atoms with E-state index in [0.29, 0.717) is 18.7 Å². The third-order valence-electron chi connectivity index (χ3n) is 2.31.